The zero-order valence-corrected chi connectivity index (χ0v) is 16.9. The minimum Gasteiger partial charge on any atom is -0.494 e. The Morgan fingerprint density at radius 3 is 2.75 bits per heavy atom. The van der Waals surface area contributed by atoms with E-state index in [0.29, 0.717) is 19.0 Å². The molecule has 0 saturated carbocycles. The van der Waals surface area contributed by atoms with Crippen LogP contribution in [0.5, 0.6) is 5.75 Å². The van der Waals surface area contributed by atoms with E-state index in [1.54, 1.807) is 6.26 Å². The second-order valence-corrected chi connectivity index (χ2v) is 6.70. The van der Waals surface area contributed by atoms with Gasteiger partial charge in [0.15, 0.2) is 0 Å². The van der Waals surface area contributed by atoms with Gasteiger partial charge in [-0.25, -0.2) is 4.98 Å². The van der Waals surface area contributed by atoms with Gasteiger partial charge in [0, 0.05) is 37.4 Å². The van der Waals surface area contributed by atoms with Gasteiger partial charge in [-0.2, -0.15) is 0 Å². The Kier molecular flexibility index (Phi) is 7.09. The first kappa shape index (κ1) is 20.0. The minimum absolute atomic E-state index is 0.619. The van der Waals surface area contributed by atoms with Crippen molar-refractivity contribution in [3.05, 3.63) is 66.1 Å². The van der Waals surface area contributed by atoms with Crippen LogP contribution in [0.15, 0.2) is 59.2 Å². The van der Waals surface area contributed by atoms with Gasteiger partial charge in [0.2, 0.25) is 5.89 Å². The summed E-state index contributed by atoms with van der Waals surface area (Å²) in [5.41, 5.74) is 4.37. The van der Waals surface area contributed by atoms with Crippen molar-refractivity contribution < 1.29 is 9.15 Å². The number of benzene rings is 2. The molecule has 0 aliphatic heterocycles. The lowest BCUT2D eigenvalue weighted by Gasteiger charge is -2.23. The van der Waals surface area contributed by atoms with Crippen LogP contribution in [0, 0.1) is 6.92 Å². The van der Waals surface area contributed by atoms with Crippen LogP contribution in [-0.4, -0.2) is 31.2 Å². The molecule has 0 aliphatic rings. The van der Waals surface area contributed by atoms with Crippen molar-refractivity contribution in [2.24, 2.45) is 0 Å². The maximum Gasteiger partial charge on any atom is 0.226 e. The number of anilines is 1. The quantitative estimate of drug-likeness (QED) is 0.519. The van der Waals surface area contributed by atoms with Crippen LogP contribution in [0.1, 0.15) is 25.1 Å². The number of aromatic nitrogens is 1. The van der Waals surface area contributed by atoms with Crippen LogP contribution in [0.25, 0.3) is 11.5 Å². The van der Waals surface area contributed by atoms with Crippen molar-refractivity contribution in [3.8, 4) is 17.2 Å². The van der Waals surface area contributed by atoms with Gasteiger partial charge in [-0.15, -0.1) is 0 Å². The fraction of sp³-hybridized carbons (Fsp3) is 0.348. The number of ether oxygens (including phenoxy) is 1. The van der Waals surface area contributed by atoms with Gasteiger partial charge in [0.05, 0.1) is 12.3 Å². The molecular weight excluding hydrogens is 350 g/mol. The number of nitrogens with zero attached hydrogens (tertiary/aromatic N) is 2. The third-order valence-corrected chi connectivity index (χ3v) is 4.56. The molecule has 3 aromatic rings. The standard InChI is InChI=1S/C23H29N3O2/c1-4-26(21-10-6-8-18(3)14-21)13-12-24-16-20-17-28-23(25-20)19-9-7-11-22(15-19)27-5-2/h6-11,14-15,17,24H,4-5,12-13,16H2,1-3H3. The molecule has 0 atom stereocenters. The average Bonchev–Trinajstić information content (AvgIpc) is 3.17. The van der Waals surface area contributed by atoms with Crippen molar-refractivity contribution in [3.63, 3.8) is 0 Å². The molecule has 2 aromatic carbocycles. The highest BCUT2D eigenvalue weighted by molar-refractivity contribution is 5.56. The van der Waals surface area contributed by atoms with Gasteiger partial charge < -0.3 is 19.4 Å². The summed E-state index contributed by atoms with van der Waals surface area (Å²) < 4.78 is 11.2. The first-order chi connectivity index (χ1) is 13.7. The number of likely N-dealkylation sites (N-methyl/N-ethyl adjacent to an activating group) is 1. The molecule has 0 saturated heterocycles. The Morgan fingerprint density at radius 1 is 1.11 bits per heavy atom. The highest BCUT2D eigenvalue weighted by Gasteiger charge is 2.08. The normalized spacial score (nSPS) is 10.8. The maximum atomic E-state index is 5.65. The molecule has 28 heavy (non-hydrogen) atoms. The fourth-order valence-corrected chi connectivity index (χ4v) is 3.13. The Hall–Kier alpha value is -2.79. The lowest BCUT2D eigenvalue weighted by Crippen LogP contribution is -2.31. The predicted octanol–water partition coefficient (Wildman–Crippen LogP) is 4.66. The average molecular weight is 380 g/mol. The van der Waals surface area contributed by atoms with Crippen molar-refractivity contribution in [1.82, 2.24) is 10.3 Å². The lowest BCUT2D eigenvalue weighted by atomic mass is 10.2. The molecule has 0 bridgehead atoms. The third-order valence-electron chi connectivity index (χ3n) is 4.56. The van der Waals surface area contributed by atoms with E-state index in [0.717, 1.165) is 36.6 Å². The SMILES string of the molecule is CCOc1cccc(-c2nc(CNCCN(CC)c3cccc(C)c3)co2)c1. The second-order valence-electron chi connectivity index (χ2n) is 6.70. The number of nitrogens with one attached hydrogen (secondary N) is 1. The fourth-order valence-electron chi connectivity index (χ4n) is 3.13. The van der Waals surface area contributed by atoms with Crippen molar-refractivity contribution in [2.75, 3.05) is 31.1 Å². The predicted molar refractivity (Wildman–Crippen MR) is 114 cm³/mol. The molecule has 0 spiro atoms. The van der Waals surface area contributed by atoms with E-state index in [9.17, 15) is 0 Å². The van der Waals surface area contributed by atoms with E-state index < -0.39 is 0 Å². The van der Waals surface area contributed by atoms with Gasteiger partial charge in [0.25, 0.3) is 0 Å². The van der Waals surface area contributed by atoms with Crippen LogP contribution in [0.2, 0.25) is 0 Å². The molecular formula is C23H29N3O2. The Labute approximate surface area is 167 Å². The van der Waals surface area contributed by atoms with Crippen LogP contribution in [0.4, 0.5) is 5.69 Å². The second kappa shape index (κ2) is 9.95. The van der Waals surface area contributed by atoms with E-state index in [4.69, 9.17) is 9.15 Å². The number of hydrogen-bond acceptors (Lipinski definition) is 5. The monoisotopic (exact) mass is 379 g/mol. The maximum absolute atomic E-state index is 5.65. The van der Waals surface area contributed by atoms with Crippen LogP contribution in [0.3, 0.4) is 0 Å². The Morgan fingerprint density at radius 2 is 1.96 bits per heavy atom. The van der Waals surface area contributed by atoms with Gasteiger partial charge in [-0.05, 0) is 56.7 Å². The highest BCUT2D eigenvalue weighted by atomic mass is 16.5. The summed E-state index contributed by atoms with van der Waals surface area (Å²) in [7, 11) is 0. The molecule has 0 fully saturated rings. The molecule has 0 unspecified atom stereocenters. The first-order valence-corrected chi connectivity index (χ1v) is 9.89. The molecule has 0 amide bonds. The van der Waals surface area contributed by atoms with E-state index in [2.05, 4.69) is 53.3 Å². The smallest absolute Gasteiger partial charge is 0.226 e. The van der Waals surface area contributed by atoms with E-state index in [1.807, 2.05) is 31.2 Å². The molecule has 0 aliphatic carbocycles. The van der Waals surface area contributed by atoms with E-state index in [-0.39, 0.29) is 0 Å². The number of aryl methyl sites for hydroxylation is 1. The number of rotatable bonds is 10. The molecule has 5 heteroatoms. The molecule has 0 radical (unpaired) electrons. The van der Waals surface area contributed by atoms with Crippen LogP contribution < -0.4 is 15.0 Å². The van der Waals surface area contributed by atoms with Gasteiger partial charge in [-0.3, -0.25) is 0 Å². The topological polar surface area (TPSA) is 50.5 Å². The van der Waals surface area contributed by atoms with Crippen molar-refractivity contribution in [1.29, 1.82) is 0 Å². The van der Waals surface area contributed by atoms with Gasteiger partial charge >= 0.3 is 0 Å². The summed E-state index contributed by atoms with van der Waals surface area (Å²) in [5.74, 6) is 1.45. The molecule has 1 N–H and O–H groups in total. The summed E-state index contributed by atoms with van der Waals surface area (Å²) in [4.78, 5) is 6.96. The molecule has 5 nitrogen and oxygen atoms in total. The van der Waals surface area contributed by atoms with Crippen molar-refractivity contribution in [2.45, 2.75) is 27.3 Å². The minimum atomic E-state index is 0.619. The third kappa shape index (κ3) is 5.36. The Balaban J connectivity index is 1.51. The number of hydrogen-bond donors (Lipinski definition) is 1. The summed E-state index contributed by atoms with van der Waals surface area (Å²) in [6.07, 6.45) is 1.72. The molecule has 1 heterocycles. The summed E-state index contributed by atoms with van der Waals surface area (Å²) >= 11 is 0. The molecule has 1 aromatic heterocycles. The summed E-state index contributed by atoms with van der Waals surface area (Å²) in [6, 6.07) is 16.4. The van der Waals surface area contributed by atoms with Gasteiger partial charge in [-0.1, -0.05) is 18.2 Å². The van der Waals surface area contributed by atoms with Crippen LogP contribution >= 0.6 is 0 Å². The first-order valence-electron chi connectivity index (χ1n) is 9.89. The van der Waals surface area contributed by atoms with Crippen LogP contribution in [-0.2, 0) is 6.54 Å². The zero-order chi connectivity index (χ0) is 19.8. The van der Waals surface area contributed by atoms with E-state index >= 15 is 0 Å². The lowest BCUT2D eigenvalue weighted by molar-refractivity contribution is 0.340. The largest absolute Gasteiger partial charge is 0.494 e. The van der Waals surface area contributed by atoms with Gasteiger partial charge in [0.1, 0.15) is 12.0 Å². The summed E-state index contributed by atoms with van der Waals surface area (Å²) in [5, 5.41) is 3.46. The molecule has 148 valence electrons. The zero-order valence-electron chi connectivity index (χ0n) is 16.9. The van der Waals surface area contributed by atoms with E-state index in [1.165, 1.54) is 11.3 Å². The number of oxazole rings is 1. The summed E-state index contributed by atoms with van der Waals surface area (Å²) in [6.45, 7) is 10.4. The molecule has 3 rings (SSSR count). The Bertz CT molecular complexity index is 876. The highest BCUT2D eigenvalue weighted by Crippen LogP contribution is 2.23. The van der Waals surface area contributed by atoms with Crippen molar-refractivity contribution >= 4 is 5.69 Å².